The number of rotatable bonds is 4. The van der Waals surface area contributed by atoms with Gasteiger partial charge in [0, 0.05) is 18.5 Å². The van der Waals surface area contributed by atoms with Gasteiger partial charge in [-0.15, -0.1) is 11.6 Å². The summed E-state index contributed by atoms with van der Waals surface area (Å²) < 4.78 is 0. The maximum atomic E-state index is 12.2. The maximum Gasteiger partial charge on any atom is 0.254 e. The molecular formula is C14H20ClNO. The summed E-state index contributed by atoms with van der Waals surface area (Å²) in [5.41, 5.74) is 1.62. The van der Waals surface area contributed by atoms with Crippen molar-refractivity contribution in [1.29, 1.82) is 0 Å². The van der Waals surface area contributed by atoms with Gasteiger partial charge in [0.2, 0.25) is 0 Å². The highest BCUT2D eigenvalue weighted by atomic mass is 35.5. The Morgan fingerprint density at radius 1 is 1.29 bits per heavy atom. The molecule has 0 saturated heterocycles. The Labute approximate surface area is 109 Å². The molecule has 0 spiro atoms. The van der Waals surface area contributed by atoms with Crippen LogP contribution in [0.1, 0.15) is 36.7 Å². The Morgan fingerprint density at radius 3 is 2.24 bits per heavy atom. The van der Waals surface area contributed by atoms with Crippen molar-refractivity contribution < 1.29 is 4.79 Å². The molecule has 0 radical (unpaired) electrons. The third kappa shape index (κ3) is 3.22. The van der Waals surface area contributed by atoms with Gasteiger partial charge in [0.1, 0.15) is 0 Å². The third-order valence-corrected chi connectivity index (χ3v) is 3.80. The topological polar surface area (TPSA) is 20.3 Å². The van der Waals surface area contributed by atoms with Crippen molar-refractivity contribution in [2.24, 2.45) is 0 Å². The summed E-state index contributed by atoms with van der Waals surface area (Å²) in [5, 5.41) is 0. The predicted molar refractivity (Wildman–Crippen MR) is 72.7 cm³/mol. The summed E-state index contributed by atoms with van der Waals surface area (Å²) >= 11 is 5.87. The molecular weight excluding hydrogens is 234 g/mol. The van der Waals surface area contributed by atoms with E-state index >= 15 is 0 Å². The van der Waals surface area contributed by atoms with E-state index in [0.29, 0.717) is 11.4 Å². The van der Waals surface area contributed by atoms with Crippen molar-refractivity contribution >= 4 is 17.5 Å². The standard InChI is InChI=1S/C14H20ClNO/c1-5-11-6-8-12(9-7-11)13(17)16(4)14(2,3)10-15/h6-9H,5,10H2,1-4H3. The van der Waals surface area contributed by atoms with Gasteiger partial charge in [0.15, 0.2) is 0 Å². The van der Waals surface area contributed by atoms with Crippen LogP contribution in [-0.2, 0) is 6.42 Å². The van der Waals surface area contributed by atoms with Crippen LogP contribution in [0.2, 0.25) is 0 Å². The normalized spacial score (nSPS) is 11.4. The number of hydrogen-bond acceptors (Lipinski definition) is 1. The number of halogens is 1. The van der Waals surface area contributed by atoms with Crippen molar-refractivity contribution in [1.82, 2.24) is 4.90 Å². The molecule has 17 heavy (non-hydrogen) atoms. The molecule has 0 N–H and O–H groups in total. The molecule has 0 aliphatic rings. The molecule has 1 aromatic rings. The first-order chi connectivity index (χ1) is 7.92. The number of amides is 1. The molecule has 0 bridgehead atoms. The summed E-state index contributed by atoms with van der Waals surface area (Å²) in [7, 11) is 1.79. The van der Waals surface area contributed by atoms with Crippen LogP contribution in [0.15, 0.2) is 24.3 Å². The summed E-state index contributed by atoms with van der Waals surface area (Å²) in [6, 6.07) is 7.74. The summed E-state index contributed by atoms with van der Waals surface area (Å²) in [5.74, 6) is 0.431. The number of hydrogen-bond donors (Lipinski definition) is 0. The zero-order valence-electron chi connectivity index (χ0n) is 11.0. The molecule has 1 rings (SSSR count). The fraction of sp³-hybridized carbons (Fsp3) is 0.500. The molecule has 0 aliphatic carbocycles. The van der Waals surface area contributed by atoms with Crippen molar-refractivity contribution in [3.8, 4) is 0 Å². The summed E-state index contributed by atoms with van der Waals surface area (Å²) in [6.07, 6.45) is 0.984. The molecule has 94 valence electrons. The van der Waals surface area contributed by atoms with Gasteiger partial charge >= 0.3 is 0 Å². The second-order valence-electron chi connectivity index (χ2n) is 4.86. The second kappa shape index (κ2) is 5.54. The van der Waals surface area contributed by atoms with Crippen LogP contribution in [0.25, 0.3) is 0 Å². The first kappa shape index (κ1) is 14.0. The molecule has 3 heteroatoms. The van der Waals surface area contributed by atoms with E-state index in [-0.39, 0.29) is 11.4 Å². The molecule has 2 nitrogen and oxygen atoms in total. The van der Waals surface area contributed by atoms with Gasteiger partial charge in [-0.1, -0.05) is 19.1 Å². The lowest BCUT2D eigenvalue weighted by Crippen LogP contribution is -2.46. The van der Waals surface area contributed by atoms with E-state index in [1.54, 1.807) is 11.9 Å². The highest BCUT2D eigenvalue weighted by Gasteiger charge is 2.27. The van der Waals surface area contributed by atoms with Crippen LogP contribution in [0.3, 0.4) is 0 Å². The van der Waals surface area contributed by atoms with Crippen molar-refractivity contribution in [2.45, 2.75) is 32.7 Å². The van der Waals surface area contributed by atoms with E-state index in [2.05, 4.69) is 6.92 Å². The molecule has 0 atom stereocenters. The molecule has 1 amide bonds. The zero-order valence-corrected chi connectivity index (χ0v) is 11.7. The van der Waals surface area contributed by atoms with Crippen LogP contribution in [0, 0.1) is 0 Å². The van der Waals surface area contributed by atoms with Crippen LogP contribution >= 0.6 is 11.6 Å². The lowest BCUT2D eigenvalue weighted by atomic mass is 10.0. The number of nitrogens with zero attached hydrogens (tertiary/aromatic N) is 1. The Bertz CT molecular complexity index is 384. The monoisotopic (exact) mass is 253 g/mol. The molecule has 0 aromatic heterocycles. The number of carbonyl (C=O) groups excluding carboxylic acids is 1. The largest absolute Gasteiger partial charge is 0.335 e. The van der Waals surface area contributed by atoms with Crippen LogP contribution in [0.4, 0.5) is 0 Å². The van der Waals surface area contributed by atoms with E-state index < -0.39 is 0 Å². The fourth-order valence-electron chi connectivity index (χ4n) is 1.44. The SMILES string of the molecule is CCc1ccc(C(=O)N(C)C(C)(C)CCl)cc1. The van der Waals surface area contributed by atoms with Gasteiger partial charge in [-0.2, -0.15) is 0 Å². The van der Waals surface area contributed by atoms with E-state index in [9.17, 15) is 4.79 Å². The average Bonchev–Trinajstić information content (AvgIpc) is 2.37. The average molecular weight is 254 g/mol. The first-order valence-electron chi connectivity index (χ1n) is 5.85. The van der Waals surface area contributed by atoms with Crippen LogP contribution in [0.5, 0.6) is 0 Å². The molecule has 0 aliphatic heterocycles. The Hall–Kier alpha value is -1.02. The van der Waals surface area contributed by atoms with Crippen LogP contribution < -0.4 is 0 Å². The predicted octanol–water partition coefficient (Wildman–Crippen LogP) is 3.34. The van der Waals surface area contributed by atoms with E-state index in [1.807, 2.05) is 38.1 Å². The number of alkyl halides is 1. The molecule has 0 unspecified atom stereocenters. The van der Waals surface area contributed by atoms with Gasteiger partial charge in [0.05, 0.1) is 5.54 Å². The van der Waals surface area contributed by atoms with Gasteiger partial charge in [-0.05, 0) is 38.0 Å². The molecule has 0 saturated carbocycles. The number of carbonyl (C=O) groups is 1. The zero-order chi connectivity index (χ0) is 13.1. The fourth-order valence-corrected chi connectivity index (χ4v) is 1.62. The molecule has 1 aromatic carbocycles. The van der Waals surface area contributed by atoms with Gasteiger partial charge in [-0.3, -0.25) is 4.79 Å². The Kier molecular flexibility index (Phi) is 4.58. The highest BCUT2D eigenvalue weighted by molar-refractivity contribution is 6.18. The van der Waals surface area contributed by atoms with Gasteiger partial charge in [0.25, 0.3) is 5.91 Å². The summed E-state index contributed by atoms with van der Waals surface area (Å²) in [4.78, 5) is 13.9. The van der Waals surface area contributed by atoms with E-state index in [1.165, 1.54) is 5.56 Å². The second-order valence-corrected chi connectivity index (χ2v) is 5.13. The van der Waals surface area contributed by atoms with E-state index in [4.69, 9.17) is 11.6 Å². The maximum absolute atomic E-state index is 12.2. The van der Waals surface area contributed by atoms with Crippen molar-refractivity contribution in [2.75, 3.05) is 12.9 Å². The quantitative estimate of drug-likeness (QED) is 0.754. The lowest BCUT2D eigenvalue weighted by molar-refractivity contribution is 0.0660. The number of aryl methyl sites for hydroxylation is 1. The first-order valence-corrected chi connectivity index (χ1v) is 6.39. The molecule has 0 heterocycles. The minimum atomic E-state index is -0.331. The van der Waals surface area contributed by atoms with Crippen molar-refractivity contribution in [3.05, 3.63) is 35.4 Å². The number of benzene rings is 1. The minimum Gasteiger partial charge on any atom is -0.335 e. The van der Waals surface area contributed by atoms with E-state index in [0.717, 1.165) is 6.42 Å². The summed E-state index contributed by atoms with van der Waals surface area (Å²) in [6.45, 7) is 6.01. The van der Waals surface area contributed by atoms with Gasteiger partial charge < -0.3 is 4.90 Å². The van der Waals surface area contributed by atoms with Crippen LogP contribution in [-0.4, -0.2) is 29.3 Å². The third-order valence-electron chi connectivity index (χ3n) is 3.15. The minimum absolute atomic E-state index is 0.0123. The smallest absolute Gasteiger partial charge is 0.254 e. The Balaban J connectivity index is 2.89. The van der Waals surface area contributed by atoms with Gasteiger partial charge in [-0.25, -0.2) is 0 Å². The Morgan fingerprint density at radius 2 is 1.82 bits per heavy atom. The lowest BCUT2D eigenvalue weighted by Gasteiger charge is -2.34. The molecule has 0 fully saturated rings. The highest BCUT2D eigenvalue weighted by Crippen LogP contribution is 2.17. The van der Waals surface area contributed by atoms with Crippen molar-refractivity contribution in [3.63, 3.8) is 0 Å².